The van der Waals surface area contributed by atoms with Crippen molar-refractivity contribution in [2.75, 3.05) is 0 Å². The average molecular weight is 444 g/mol. The highest BCUT2D eigenvalue weighted by Crippen LogP contribution is 2.29. The second-order valence-electron chi connectivity index (χ2n) is 7.97. The van der Waals surface area contributed by atoms with E-state index in [4.69, 9.17) is 0 Å². The fraction of sp³-hybridized carbons (Fsp3) is 0.320. The number of H-pyrrole nitrogens is 1. The number of tetrazole rings is 1. The topological polar surface area (TPSA) is 94.3 Å². The van der Waals surface area contributed by atoms with Gasteiger partial charge in [-0.25, -0.2) is 9.48 Å². The molecule has 0 saturated carbocycles. The number of aryl methyl sites for hydroxylation is 1. The lowest BCUT2D eigenvalue weighted by Gasteiger charge is -2.09. The van der Waals surface area contributed by atoms with Crippen LogP contribution in [-0.2, 0) is 19.5 Å². The van der Waals surface area contributed by atoms with Crippen molar-refractivity contribution in [3.8, 4) is 22.5 Å². The largest absolute Gasteiger partial charge is 0.346 e. The summed E-state index contributed by atoms with van der Waals surface area (Å²) in [5, 5.41) is 19.0. The van der Waals surface area contributed by atoms with E-state index in [0.717, 1.165) is 53.8 Å². The number of aromatic nitrogens is 7. The standard InChI is InChI=1S/C25H29N7O/c1-3-5-7-12-23-28-32(17-6-4-2)25(33)31(23)18-19-13-15-20(16-14-19)21-10-8-9-11-22(21)24-26-29-30-27-24/h4,6,8-11,13-16H,3,5,7,12,17-18H2,1-2H3,(H,26,27,29,30). The van der Waals surface area contributed by atoms with Crippen molar-refractivity contribution < 1.29 is 0 Å². The molecule has 0 aliphatic heterocycles. The summed E-state index contributed by atoms with van der Waals surface area (Å²) in [7, 11) is 0. The summed E-state index contributed by atoms with van der Waals surface area (Å²) < 4.78 is 3.36. The first-order valence-corrected chi connectivity index (χ1v) is 11.4. The number of nitrogens with one attached hydrogen (secondary N) is 1. The molecule has 2 heterocycles. The number of hydrogen-bond donors (Lipinski definition) is 1. The molecule has 8 nitrogen and oxygen atoms in total. The summed E-state index contributed by atoms with van der Waals surface area (Å²) in [5.74, 6) is 1.41. The summed E-state index contributed by atoms with van der Waals surface area (Å²) in [4.78, 5) is 13.0. The Balaban J connectivity index is 1.60. The summed E-state index contributed by atoms with van der Waals surface area (Å²) in [6.07, 6.45) is 7.99. The molecule has 0 saturated heterocycles. The van der Waals surface area contributed by atoms with E-state index in [1.807, 2.05) is 43.3 Å². The van der Waals surface area contributed by atoms with Crippen molar-refractivity contribution in [3.63, 3.8) is 0 Å². The SMILES string of the molecule is CC=CCn1nc(CCCCC)n(Cc2ccc(-c3ccccc3-c3nn[nH]n3)cc2)c1=O. The highest BCUT2D eigenvalue weighted by atomic mass is 16.2. The van der Waals surface area contributed by atoms with Gasteiger partial charge in [0.1, 0.15) is 5.82 Å². The molecule has 0 aliphatic carbocycles. The molecule has 0 atom stereocenters. The van der Waals surface area contributed by atoms with Crippen molar-refractivity contribution >= 4 is 0 Å². The van der Waals surface area contributed by atoms with E-state index in [1.165, 1.54) is 0 Å². The number of aromatic amines is 1. The van der Waals surface area contributed by atoms with Crippen LogP contribution in [0.1, 0.15) is 44.5 Å². The van der Waals surface area contributed by atoms with Gasteiger partial charge in [0.05, 0.1) is 13.1 Å². The predicted octanol–water partition coefficient (Wildman–Crippen LogP) is 4.25. The van der Waals surface area contributed by atoms with Crippen LogP contribution < -0.4 is 5.69 Å². The minimum atomic E-state index is -0.0638. The van der Waals surface area contributed by atoms with Crippen molar-refractivity contribution in [2.24, 2.45) is 0 Å². The molecule has 0 fully saturated rings. The number of allylic oxidation sites excluding steroid dienone is 2. The smallest absolute Gasteiger partial charge is 0.274 e. The van der Waals surface area contributed by atoms with Gasteiger partial charge in [-0.1, -0.05) is 80.4 Å². The van der Waals surface area contributed by atoms with Gasteiger partial charge in [0, 0.05) is 12.0 Å². The molecule has 0 spiro atoms. The van der Waals surface area contributed by atoms with Crippen molar-refractivity contribution in [2.45, 2.75) is 52.6 Å². The summed E-state index contributed by atoms with van der Waals surface area (Å²) in [6.45, 7) is 5.12. The summed E-state index contributed by atoms with van der Waals surface area (Å²) in [6, 6.07) is 16.2. The number of benzene rings is 2. The Kier molecular flexibility index (Phi) is 7.24. The maximum atomic E-state index is 13.0. The van der Waals surface area contributed by atoms with E-state index in [9.17, 15) is 4.79 Å². The lowest BCUT2D eigenvalue weighted by Crippen LogP contribution is -2.25. The Labute approximate surface area is 193 Å². The third kappa shape index (κ3) is 5.16. The number of unbranched alkanes of at least 4 members (excludes halogenated alkanes) is 2. The molecule has 0 aliphatic rings. The number of hydrogen-bond acceptors (Lipinski definition) is 5. The highest BCUT2D eigenvalue weighted by molar-refractivity contribution is 5.80. The van der Waals surface area contributed by atoms with Gasteiger partial charge < -0.3 is 0 Å². The summed E-state index contributed by atoms with van der Waals surface area (Å²) in [5.41, 5.74) is 3.99. The Morgan fingerprint density at radius 1 is 1.03 bits per heavy atom. The lowest BCUT2D eigenvalue weighted by molar-refractivity contribution is 0.643. The molecule has 1 N–H and O–H groups in total. The Morgan fingerprint density at radius 3 is 2.52 bits per heavy atom. The normalized spacial score (nSPS) is 11.5. The van der Waals surface area contributed by atoms with Crippen LogP contribution >= 0.6 is 0 Å². The minimum Gasteiger partial charge on any atom is -0.274 e. The molecule has 2 aromatic heterocycles. The molecule has 4 aromatic rings. The average Bonchev–Trinajstić information content (AvgIpc) is 3.48. The monoisotopic (exact) mass is 443 g/mol. The van der Waals surface area contributed by atoms with E-state index >= 15 is 0 Å². The van der Waals surface area contributed by atoms with Crippen LogP contribution in [0.4, 0.5) is 0 Å². The molecule has 170 valence electrons. The zero-order valence-electron chi connectivity index (χ0n) is 19.1. The third-order valence-electron chi connectivity index (χ3n) is 5.64. The van der Waals surface area contributed by atoms with Crippen molar-refractivity contribution in [3.05, 3.63) is 82.6 Å². The fourth-order valence-electron chi connectivity index (χ4n) is 3.86. The second kappa shape index (κ2) is 10.7. The van der Waals surface area contributed by atoms with Gasteiger partial charge in [0.25, 0.3) is 0 Å². The number of rotatable bonds is 10. The van der Waals surface area contributed by atoms with Gasteiger partial charge in [-0.3, -0.25) is 4.57 Å². The third-order valence-corrected chi connectivity index (χ3v) is 5.64. The van der Waals surface area contributed by atoms with Crippen LogP contribution in [0.5, 0.6) is 0 Å². The van der Waals surface area contributed by atoms with Crippen LogP contribution in [0.2, 0.25) is 0 Å². The highest BCUT2D eigenvalue weighted by Gasteiger charge is 2.14. The van der Waals surface area contributed by atoms with Gasteiger partial charge in [-0.05, 0) is 35.2 Å². The van der Waals surface area contributed by atoms with E-state index in [-0.39, 0.29) is 5.69 Å². The van der Waals surface area contributed by atoms with Crippen LogP contribution in [0.15, 0.2) is 65.5 Å². The maximum absolute atomic E-state index is 13.0. The first kappa shape index (κ1) is 22.4. The van der Waals surface area contributed by atoms with Crippen LogP contribution in [0.3, 0.4) is 0 Å². The van der Waals surface area contributed by atoms with E-state index < -0.39 is 0 Å². The van der Waals surface area contributed by atoms with Gasteiger partial charge in [0.15, 0.2) is 0 Å². The Hall–Kier alpha value is -3.81. The first-order chi connectivity index (χ1) is 16.2. The minimum absolute atomic E-state index is 0.0638. The van der Waals surface area contributed by atoms with Gasteiger partial charge in [0.2, 0.25) is 5.82 Å². The van der Waals surface area contributed by atoms with Gasteiger partial charge in [-0.2, -0.15) is 10.3 Å². The van der Waals surface area contributed by atoms with E-state index in [0.29, 0.717) is 18.9 Å². The molecule has 0 bridgehead atoms. The molecule has 33 heavy (non-hydrogen) atoms. The fourth-order valence-corrected chi connectivity index (χ4v) is 3.86. The van der Waals surface area contributed by atoms with Crippen molar-refractivity contribution in [1.29, 1.82) is 0 Å². The molecule has 0 radical (unpaired) electrons. The molecule has 0 amide bonds. The van der Waals surface area contributed by atoms with E-state index in [1.54, 1.807) is 9.25 Å². The van der Waals surface area contributed by atoms with Gasteiger partial charge in [-0.15, -0.1) is 10.2 Å². The Bertz CT molecular complexity index is 1250. The molecule has 4 rings (SSSR count). The van der Waals surface area contributed by atoms with Gasteiger partial charge >= 0.3 is 5.69 Å². The Morgan fingerprint density at radius 2 is 1.82 bits per heavy atom. The molecular weight excluding hydrogens is 414 g/mol. The second-order valence-corrected chi connectivity index (χ2v) is 7.97. The maximum Gasteiger partial charge on any atom is 0.346 e. The molecule has 2 aromatic carbocycles. The number of nitrogens with zero attached hydrogens (tertiary/aromatic N) is 6. The quantitative estimate of drug-likeness (QED) is 0.292. The molecule has 0 unspecified atom stereocenters. The van der Waals surface area contributed by atoms with Crippen LogP contribution in [0.25, 0.3) is 22.5 Å². The lowest BCUT2D eigenvalue weighted by atomic mass is 9.98. The van der Waals surface area contributed by atoms with Crippen molar-refractivity contribution in [1.82, 2.24) is 35.0 Å². The van der Waals surface area contributed by atoms with Crippen LogP contribution in [-0.4, -0.2) is 35.0 Å². The first-order valence-electron chi connectivity index (χ1n) is 11.4. The predicted molar refractivity (Wildman–Crippen MR) is 129 cm³/mol. The zero-order chi connectivity index (χ0) is 23.0. The van der Waals surface area contributed by atoms with Crippen LogP contribution in [0, 0.1) is 0 Å². The van der Waals surface area contributed by atoms with E-state index in [2.05, 4.69) is 56.9 Å². The molecular formula is C25H29N7O. The zero-order valence-corrected chi connectivity index (χ0v) is 19.1. The molecule has 8 heteroatoms. The summed E-state index contributed by atoms with van der Waals surface area (Å²) >= 11 is 0.